The van der Waals surface area contributed by atoms with Gasteiger partial charge < -0.3 is 10.5 Å². The predicted octanol–water partition coefficient (Wildman–Crippen LogP) is 3.84. The molecule has 18 heavy (non-hydrogen) atoms. The zero-order valence-electron chi connectivity index (χ0n) is 11.6. The van der Waals surface area contributed by atoms with Crippen molar-refractivity contribution in [3.63, 3.8) is 0 Å². The highest BCUT2D eigenvalue weighted by Gasteiger charge is 2.32. The first-order valence-corrected chi connectivity index (χ1v) is 7.08. The van der Waals surface area contributed by atoms with Gasteiger partial charge in [-0.05, 0) is 43.4 Å². The van der Waals surface area contributed by atoms with Crippen molar-refractivity contribution in [3.05, 3.63) is 29.8 Å². The topological polar surface area (TPSA) is 35.2 Å². The standard InChI is InChI=1S/C16H25NO/c1-16(17,13-8-5-3-4-6-9-13)14-10-7-11-15(12-14)18-2/h7,10-13H,3-6,8-9,17H2,1-2H3. The maximum absolute atomic E-state index is 6.65. The summed E-state index contributed by atoms with van der Waals surface area (Å²) in [6.45, 7) is 2.18. The van der Waals surface area contributed by atoms with Gasteiger partial charge in [0, 0.05) is 5.54 Å². The van der Waals surface area contributed by atoms with E-state index in [0.29, 0.717) is 5.92 Å². The highest BCUT2D eigenvalue weighted by atomic mass is 16.5. The normalized spacial score (nSPS) is 21.1. The van der Waals surface area contributed by atoms with Crippen molar-refractivity contribution >= 4 is 0 Å². The third-order valence-corrected chi connectivity index (χ3v) is 4.39. The molecule has 2 rings (SSSR count). The zero-order chi connectivity index (χ0) is 13.0. The number of rotatable bonds is 3. The number of methoxy groups -OCH3 is 1. The molecule has 0 bridgehead atoms. The molecule has 1 fully saturated rings. The van der Waals surface area contributed by atoms with Gasteiger partial charge in [0.05, 0.1) is 7.11 Å². The van der Waals surface area contributed by atoms with Crippen LogP contribution in [-0.2, 0) is 5.54 Å². The van der Waals surface area contributed by atoms with E-state index in [1.54, 1.807) is 7.11 Å². The van der Waals surface area contributed by atoms with Gasteiger partial charge in [0.25, 0.3) is 0 Å². The Balaban J connectivity index is 2.21. The first-order chi connectivity index (χ1) is 8.64. The highest BCUT2D eigenvalue weighted by Crippen LogP contribution is 2.37. The fourth-order valence-electron chi connectivity index (χ4n) is 3.07. The second kappa shape index (κ2) is 5.75. The molecule has 1 aromatic rings. The molecule has 0 spiro atoms. The molecule has 2 nitrogen and oxygen atoms in total. The third-order valence-electron chi connectivity index (χ3n) is 4.39. The zero-order valence-corrected chi connectivity index (χ0v) is 11.6. The maximum Gasteiger partial charge on any atom is 0.119 e. The molecule has 2 heteroatoms. The average molecular weight is 247 g/mol. The lowest BCUT2D eigenvalue weighted by molar-refractivity contribution is 0.268. The fraction of sp³-hybridized carbons (Fsp3) is 0.625. The van der Waals surface area contributed by atoms with Gasteiger partial charge >= 0.3 is 0 Å². The second-order valence-corrected chi connectivity index (χ2v) is 5.70. The number of hydrogen-bond donors (Lipinski definition) is 1. The van der Waals surface area contributed by atoms with Crippen molar-refractivity contribution in [1.29, 1.82) is 0 Å². The summed E-state index contributed by atoms with van der Waals surface area (Å²) in [7, 11) is 1.71. The summed E-state index contributed by atoms with van der Waals surface area (Å²) < 4.78 is 5.31. The molecule has 1 aromatic carbocycles. The molecule has 2 N–H and O–H groups in total. The Morgan fingerprint density at radius 3 is 2.44 bits per heavy atom. The van der Waals surface area contributed by atoms with Gasteiger partial charge in [0.15, 0.2) is 0 Å². The molecule has 0 amide bonds. The van der Waals surface area contributed by atoms with Crippen LogP contribution >= 0.6 is 0 Å². The van der Waals surface area contributed by atoms with Gasteiger partial charge in [0.2, 0.25) is 0 Å². The Kier molecular flexibility index (Phi) is 4.28. The van der Waals surface area contributed by atoms with E-state index in [4.69, 9.17) is 10.5 Å². The quantitative estimate of drug-likeness (QED) is 0.824. The van der Waals surface area contributed by atoms with Crippen LogP contribution in [0.5, 0.6) is 5.75 Å². The largest absolute Gasteiger partial charge is 0.497 e. The van der Waals surface area contributed by atoms with Crippen molar-refractivity contribution in [2.75, 3.05) is 7.11 Å². The lowest BCUT2D eigenvalue weighted by Gasteiger charge is -2.34. The molecular formula is C16H25NO. The minimum absolute atomic E-state index is 0.237. The first kappa shape index (κ1) is 13.4. The summed E-state index contributed by atoms with van der Waals surface area (Å²) in [5.41, 5.74) is 7.62. The van der Waals surface area contributed by atoms with E-state index in [2.05, 4.69) is 19.1 Å². The number of benzene rings is 1. The van der Waals surface area contributed by atoms with Crippen LogP contribution in [0.4, 0.5) is 0 Å². The molecule has 1 saturated carbocycles. The van der Waals surface area contributed by atoms with Crippen LogP contribution in [0.15, 0.2) is 24.3 Å². The van der Waals surface area contributed by atoms with Crippen LogP contribution < -0.4 is 10.5 Å². The molecule has 1 unspecified atom stereocenters. The summed E-state index contributed by atoms with van der Waals surface area (Å²) in [5.74, 6) is 1.49. The minimum Gasteiger partial charge on any atom is -0.497 e. The van der Waals surface area contributed by atoms with Crippen molar-refractivity contribution in [1.82, 2.24) is 0 Å². The van der Waals surface area contributed by atoms with E-state index in [9.17, 15) is 0 Å². The lowest BCUT2D eigenvalue weighted by atomic mass is 9.76. The monoisotopic (exact) mass is 247 g/mol. The SMILES string of the molecule is COc1cccc(C(C)(N)C2CCCCCC2)c1. The molecule has 1 aliphatic rings. The Bertz CT molecular complexity index is 378. The predicted molar refractivity (Wildman–Crippen MR) is 75.7 cm³/mol. The van der Waals surface area contributed by atoms with Crippen LogP contribution in [-0.4, -0.2) is 7.11 Å². The van der Waals surface area contributed by atoms with Crippen LogP contribution in [0.2, 0.25) is 0 Å². The number of hydrogen-bond acceptors (Lipinski definition) is 2. The first-order valence-electron chi connectivity index (χ1n) is 7.08. The molecule has 0 radical (unpaired) electrons. The summed E-state index contributed by atoms with van der Waals surface area (Å²) in [4.78, 5) is 0. The maximum atomic E-state index is 6.65. The molecule has 0 aliphatic heterocycles. The summed E-state index contributed by atoms with van der Waals surface area (Å²) >= 11 is 0. The molecular weight excluding hydrogens is 222 g/mol. The Morgan fingerprint density at radius 2 is 1.83 bits per heavy atom. The van der Waals surface area contributed by atoms with Crippen molar-refractivity contribution < 1.29 is 4.74 Å². The van der Waals surface area contributed by atoms with E-state index < -0.39 is 0 Å². The van der Waals surface area contributed by atoms with Crippen molar-refractivity contribution in [2.45, 2.75) is 51.0 Å². The Labute approximate surface area is 111 Å². The molecule has 1 atom stereocenters. The fourth-order valence-corrected chi connectivity index (χ4v) is 3.07. The van der Waals surface area contributed by atoms with E-state index in [1.807, 2.05) is 12.1 Å². The van der Waals surface area contributed by atoms with Gasteiger partial charge in [-0.15, -0.1) is 0 Å². The smallest absolute Gasteiger partial charge is 0.119 e. The van der Waals surface area contributed by atoms with Crippen LogP contribution in [0.3, 0.4) is 0 Å². The minimum atomic E-state index is -0.237. The summed E-state index contributed by atoms with van der Waals surface area (Å²) in [6, 6.07) is 8.24. The van der Waals surface area contributed by atoms with Crippen molar-refractivity contribution in [3.8, 4) is 5.75 Å². The molecule has 0 saturated heterocycles. The van der Waals surface area contributed by atoms with Gasteiger partial charge in [-0.1, -0.05) is 37.8 Å². The lowest BCUT2D eigenvalue weighted by Crippen LogP contribution is -2.41. The molecule has 0 heterocycles. The molecule has 1 aliphatic carbocycles. The van der Waals surface area contributed by atoms with Crippen LogP contribution in [0, 0.1) is 5.92 Å². The average Bonchev–Trinajstić information content (AvgIpc) is 2.68. The van der Waals surface area contributed by atoms with E-state index in [1.165, 1.54) is 44.1 Å². The molecule has 0 aromatic heterocycles. The van der Waals surface area contributed by atoms with Crippen LogP contribution in [0.1, 0.15) is 51.0 Å². The van der Waals surface area contributed by atoms with Gasteiger partial charge in [-0.3, -0.25) is 0 Å². The highest BCUT2D eigenvalue weighted by molar-refractivity contribution is 5.33. The van der Waals surface area contributed by atoms with Gasteiger partial charge in [0.1, 0.15) is 5.75 Å². The third kappa shape index (κ3) is 2.86. The Morgan fingerprint density at radius 1 is 1.17 bits per heavy atom. The second-order valence-electron chi connectivity index (χ2n) is 5.70. The van der Waals surface area contributed by atoms with Gasteiger partial charge in [-0.25, -0.2) is 0 Å². The number of nitrogens with two attached hydrogens (primary N) is 1. The van der Waals surface area contributed by atoms with Crippen LogP contribution in [0.25, 0.3) is 0 Å². The number of ether oxygens (including phenoxy) is 1. The Hall–Kier alpha value is -1.02. The van der Waals surface area contributed by atoms with Crippen molar-refractivity contribution in [2.24, 2.45) is 11.7 Å². The molecule has 100 valence electrons. The van der Waals surface area contributed by atoms with E-state index >= 15 is 0 Å². The summed E-state index contributed by atoms with van der Waals surface area (Å²) in [5, 5.41) is 0. The van der Waals surface area contributed by atoms with Gasteiger partial charge in [-0.2, -0.15) is 0 Å². The van der Waals surface area contributed by atoms with E-state index in [0.717, 1.165) is 5.75 Å². The summed E-state index contributed by atoms with van der Waals surface area (Å²) in [6.07, 6.45) is 7.88. The van der Waals surface area contributed by atoms with E-state index in [-0.39, 0.29) is 5.54 Å².